The van der Waals surface area contributed by atoms with Crippen molar-refractivity contribution < 1.29 is 8.42 Å². The van der Waals surface area contributed by atoms with E-state index in [2.05, 4.69) is 11.8 Å². The van der Waals surface area contributed by atoms with Gasteiger partial charge in [0.15, 0.2) is 9.84 Å². The van der Waals surface area contributed by atoms with Crippen LogP contribution in [0.25, 0.3) is 0 Å². The van der Waals surface area contributed by atoms with Crippen LogP contribution >= 0.6 is 0 Å². The number of rotatable bonds is 7. The van der Waals surface area contributed by atoms with E-state index in [0.717, 1.165) is 23.9 Å². The van der Waals surface area contributed by atoms with Crippen molar-refractivity contribution in [2.45, 2.75) is 24.8 Å². The van der Waals surface area contributed by atoms with E-state index in [1.165, 1.54) is 6.42 Å². The topological polar surface area (TPSA) is 63.4 Å². The van der Waals surface area contributed by atoms with Gasteiger partial charge in [-0.3, -0.25) is 0 Å². The molecule has 2 rings (SSSR count). The Bertz CT molecular complexity index is 557. The van der Waals surface area contributed by atoms with Crippen LogP contribution in [0.2, 0.25) is 0 Å². The van der Waals surface area contributed by atoms with Gasteiger partial charge in [0, 0.05) is 19.6 Å². The molecule has 0 bridgehead atoms. The van der Waals surface area contributed by atoms with Crippen molar-refractivity contribution >= 4 is 9.84 Å². The molecule has 1 aliphatic rings. The largest absolute Gasteiger partial charge is 0.326 e. The number of nitrogens with two attached hydrogens (primary N) is 1. The first-order valence-corrected chi connectivity index (χ1v) is 8.78. The van der Waals surface area contributed by atoms with Gasteiger partial charge in [-0.05, 0) is 43.0 Å². The zero-order chi connectivity index (χ0) is 14.8. The summed E-state index contributed by atoms with van der Waals surface area (Å²) in [6.07, 6.45) is 1.27. The third kappa shape index (κ3) is 4.04. The van der Waals surface area contributed by atoms with Crippen molar-refractivity contribution in [3.05, 3.63) is 29.8 Å². The number of benzene rings is 1. The molecule has 1 fully saturated rings. The lowest BCUT2D eigenvalue weighted by molar-refractivity contribution is 0.332. The van der Waals surface area contributed by atoms with Crippen molar-refractivity contribution in [2.75, 3.05) is 25.9 Å². The highest BCUT2D eigenvalue weighted by molar-refractivity contribution is 7.91. The average molecular weight is 296 g/mol. The first-order chi connectivity index (χ1) is 9.42. The monoisotopic (exact) mass is 296 g/mol. The molecule has 112 valence electrons. The SMILES string of the molecule is CC1CC1CN(C)CCS(=O)(=O)c1cccc(CN)c1. The number of sulfone groups is 1. The summed E-state index contributed by atoms with van der Waals surface area (Å²) in [4.78, 5) is 2.51. The summed E-state index contributed by atoms with van der Waals surface area (Å²) in [6, 6.07) is 6.93. The lowest BCUT2D eigenvalue weighted by atomic mass is 10.2. The Kier molecular flexibility index (Phi) is 4.83. The Hall–Kier alpha value is -0.910. The van der Waals surface area contributed by atoms with E-state index in [-0.39, 0.29) is 5.75 Å². The summed E-state index contributed by atoms with van der Waals surface area (Å²) >= 11 is 0. The molecular formula is C15H24N2O2S. The first kappa shape index (κ1) is 15.5. The summed E-state index contributed by atoms with van der Waals surface area (Å²) in [6.45, 7) is 4.19. The first-order valence-electron chi connectivity index (χ1n) is 7.12. The van der Waals surface area contributed by atoms with Crippen LogP contribution in [0.15, 0.2) is 29.2 Å². The predicted molar refractivity (Wildman–Crippen MR) is 81.2 cm³/mol. The molecule has 0 saturated heterocycles. The molecular weight excluding hydrogens is 272 g/mol. The molecule has 0 aromatic heterocycles. The molecule has 1 aliphatic carbocycles. The lowest BCUT2D eigenvalue weighted by Gasteiger charge is -2.16. The van der Waals surface area contributed by atoms with Gasteiger partial charge in [-0.2, -0.15) is 0 Å². The van der Waals surface area contributed by atoms with E-state index >= 15 is 0 Å². The van der Waals surface area contributed by atoms with Crippen LogP contribution < -0.4 is 5.73 Å². The van der Waals surface area contributed by atoms with Crippen LogP contribution in [0.4, 0.5) is 0 Å². The summed E-state index contributed by atoms with van der Waals surface area (Å²) in [5.74, 6) is 1.72. The molecule has 20 heavy (non-hydrogen) atoms. The number of hydrogen-bond acceptors (Lipinski definition) is 4. The molecule has 0 aliphatic heterocycles. The minimum atomic E-state index is -3.21. The zero-order valence-electron chi connectivity index (χ0n) is 12.2. The second-order valence-corrected chi connectivity index (χ2v) is 8.01. The minimum Gasteiger partial charge on any atom is -0.326 e. The van der Waals surface area contributed by atoms with Crippen LogP contribution in [0, 0.1) is 11.8 Å². The fourth-order valence-corrected chi connectivity index (χ4v) is 3.81. The molecule has 0 spiro atoms. The fourth-order valence-electron chi connectivity index (χ4n) is 2.40. The van der Waals surface area contributed by atoms with E-state index in [9.17, 15) is 8.42 Å². The fraction of sp³-hybridized carbons (Fsp3) is 0.600. The molecule has 2 unspecified atom stereocenters. The quantitative estimate of drug-likeness (QED) is 0.828. The van der Waals surface area contributed by atoms with Gasteiger partial charge in [0.2, 0.25) is 0 Å². The van der Waals surface area contributed by atoms with Gasteiger partial charge in [0.25, 0.3) is 0 Å². The minimum absolute atomic E-state index is 0.165. The molecule has 1 saturated carbocycles. The smallest absolute Gasteiger partial charge is 0.179 e. The molecule has 1 aromatic carbocycles. The van der Waals surface area contributed by atoms with Crippen LogP contribution in [0.1, 0.15) is 18.9 Å². The molecule has 1 aromatic rings. The van der Waals surface area contributed by atoms with Gasteiger partial charge in [-0.1, -0.05) is 19.1 Å². The predicted octanol–water partition coefficient (Wildman–Crippen LogP) is 1.51. The van der Waals surface area contributed by atoms with Crippen molar-refractivity contribution in [2.24, 2.45) is 17.6 Å². The maximum Gasteiger partial charge on any atom is 0.179 e. The molecule has 5 heteroatoms. The Balaban J connectivity index is 1.92. The van der Waals surface area contributed by atoms with Gasteiger partial charge in [-0.15, -0.1) is 0 Å². The van der Waals surface area contributed by atoms with Crippen molar-refractivity contribution in [3.63, 3.8) is 0 Å². The second-order valence-electron chi connectivity index (χ2n) is 5.91. The third-order valence-corrected chi connectivity index (χ3v) is 5.75. The molecule has 2 N–H and O–H groups in total. The number of nitrogens with zero attached hydrogens (tertiary/aromatic N) is 1. The highest BCUT2D eigenvalue weighted by atomic mass is 32.2. The molecule has 4 nitrogen and oxygen atoms in total. The van der Waals surface area contributed by atoms with E-state index in [4.69, 9.17) is 5.73 Å². The van der Waals surface area contributed by atoms with Crippen LogP contribution in [0.3, 0.4) is 0 Å². The lowest BCUT2D eigenvalue weighted by Crippen LogP contribution is -2.28. The third-order valence-electron chi connectivity index (χ3n) is 4.06. The van der Waals surface area contributed by atoms with E-state index < -0.39 is 9.84 Å². The standard InChI is InChI=1S/C15H24N2O2S/c1-12-8-14(12)11-17(2)6-7-20(18,19)15-5-3-4-13(9-15)10-16/h3-5,9,12,14H,6-8,10-11,16H2,1-2H3. The van der Waals surface area contributed by atoms with Gasteiger partial charge < -0.3 is 10.6 Å². The summed E-state index contributed by atoms with van der Waals surface area (Å²) < 4.78 is 24.6. The van der Waals surface area contributed by atoms with Crippen LogP contribution in [0.5, 0.6) is 0 Å². The van der Waals surface area contributed by atoms with Crippen molar-refractivity contribution in [1.82, 2.24) is 4.90 Å². The number of hydrogen-bond donors (Lipinski definition) is 1. The van der Waals surface area contributed by atoms with E-state index in [0.29, 0.717) is 18.0 Å². The summed E-state index contributed by atoms with van der Waals surface area (Å²) in [5.41, 5.74) is 6.41. The van der Waals surface area contributed by atoms with E-state index in [1.54, 1.807) is 18.2 Å². The van der Waals surface area contributed by atoms with Crippen LogP contribution in [-0.2, 0) is 16.4 Å². The Morgan fingerprint density at radius 2 is 2.10 bits per heavy atom. The second kappa shape index (κ2) is 6.24. The molecule has 0 radical (unpaired) electrons. The maximum absolute atomic E-state index is 12.3. The molecule has 0 heterocycles. The zero-order valence-corrected chi connectivity index (χ0v) is 13.1. The maximum atomic E-state index is 12.3. The Morgan fingerprint density at radius 1 is 1.40 bits per heavy atom. The van der Waals surface area contributed by atoms with Crippen LogP contribution in [-0.4, -0.2) is 39.2 Å². The average Bonchev–Trinajstić information content (AvgIpc) is 3.12. The van der Waals surface area contributed by atoms with Gasteiger partial charge in [-0.25, -0.2) is 8.42 Å². The molecule has 2 atom stereocenters. The van der Waals surface area contributed by atoms with E-state index in [1.807, 2.05) is 13.1 Å². The molecule has 0 amide bonds. The normalized spacial score (nSPS) is 22.2. The highest BCUT2D eigenvalue weighted by Gasteiger charge is 2.33. The van der Waals surface area contributed by atoms with Gasteiger partial charge in [0.1, 0.15) is 0 Å². The van der Waals surface area contributed by atoms with Gasteiger partial charge in [0.05, 0.1) is 10.6 Å². The summed E-state index contributed by atoms with van der Waals surface area (Å²) in [5, 5.41) is 0. The highest BCUT2D eigenvalue weighted by Crippen LogP contribution is 2.37. The van der Waals surface area contributed by atoms with Crippen molar-refractivity contribution in [3.8, 4) is 0 Å². The summed E-state index contributed by atoms with van der Waals surface area (Å²) in [7, 11) is -1.22. The van der Waals surface area contributed by atoms with Gasteiger partial charge >= 0.3 is 0 Å². The van der Waals surface area contributed by atoms with Crippen molar-refractivity contribution in [1.29, 1.82) is 0 Å². The Labute approximate surface area is 121 Å². The Morgan fingerprint density at radius 3 is 2.70 bits per heavy atom.